The van der Waals surface area contributed by atoms with Crippen molar-refractivity contribution in [3.05, 3.63) is 52.0 Å². The average Bonchev–Trinajstić information content (AvgIpc) is 2.82. The van der Waals surface area contributed by atoms with Gasteiger partial charge in [-0.2, -0.15) is 0 Å². The highest BCUT2D eigenvalue weighted by Crippen LogP contribution is 2.23. The Labute approximate surface area is 108 Å². The van der Waals surface area contributed by atoms with Gasteiger partial charge in [0.15, 0.2) is 0 Å². The summed E-state index contributed by atoms with van der Waals surface area (Å²) < 4.78 is 0. The largest absolute Gasteiger partial charge is 0.411 e. The molecule has 0 unspecified atom stereocenters. The number of benzene rings is 1. The number of imidazole rings is 1. The number of nitrogens with one attached hydrogen (secondary N) is 1. The number of aromatic nitrogens is 2. The quantitative estimate of drug-likeness (QED) is 0.511. The van der Waals surface area contributed by atoms with Gasteiger partial charge in [-0.3, -0.25) is 0 Å². The van der Waals surface area contributed by atoms with E-state index in [9.17, 15) is 0 Å². The van der Waals surface area contributed by atoms with Crippen LogP contribution in [0.1, 0.15) is 11.4 Å². The maximum Gasteiger partial charge on any atom is 0.112 e. The summed E-state index contributed by atoms with van der Waals surface area (Å²) >= 11 is 11.7. The first-order chi connectivity index (χ1) is 8.20. The summed E-state index contributed by atoms with van der Waals surface area (Å²) in [4.78, 5) is 7.00. The molecule has 2 rings (SSSR count). The molecule has 17 heavy (non-hydrogen) atoms. The molecule has 1 aromatic carbocycles. The molecule has 1 heterocycles. The Kier molecular flexibility index (Phi) is 3.66. The van der Waals surface area contributed by atoms with E-state index in [4.69, 9.17) is 28.4 Å². The number of rotatable bonds is 3. The van der Waals surface area contributed by atoms with E-state index in [0.717, 1.165) is 0 Å². The first-order valence-electron chi connectivity index (χ1n) is 4.85. The highest BCUT2D eigenvalue weighted by atomic mass is 35.5. The van der Waals surface area contributed by atoms with E-state index in [-0.39, 0.29) is 0 Å². The molecule has 0 atom stereocenters. The number of aromatic amines is 1. The molecule has 2 N–H and O–H groups in total. The molecule has 6 heteroatoms. The third kappa shape index (κ3) is 2.78. The van der Waals surface area contributed by atoms with Gasteiger partial charge in [0.1, 0.15) is 5.82 Å². The Bertz CT molecular complexity index is 538. The molecule has 0 radical (unpaired) electrons. The van der Waals surface area contributed by atoms with Crippen LogP contribution in [0.4, 0.5) is 0 Å². The summed E-state index contributed by atoms with van der Waals surface area (Å²) in [5.74, 6) is 0.712. The van der Waals surface area contributed by atoms with Crippen molar-refractivity contribution in [2.45, 2.75) is 6.42 Å². The first kappa shape index (κ1) is 12.0. The molecule has 0 fully saturated rings. The second-order valence-electron chi connectivity index (χ2n) is 3.39. The topological polar surface area (TPSA) is 61.3 Å². The van der Waals surface area contributed by atoms with E-state index in [2.05, 4.69) is 15.1 Å². The van der Waals surface area contributed by atoms with Gasteiger partial charge in [0.25, 0.3) is 0 Å². The van der Waals surface area contributed by atoms with Gasteiger partial charge in [-0.25, -0.2) is 4.98 Å². The number of H-pyrrole nitrogens is 1. The number of hydrogen-bond acceptors (Lipinski definition) is 3. The van der Waals surface area contributed by atoms with Crippen molar-refractivity contribution >= 4 is 28.9 Å². The van der Waals surface area contributed by atoms with Crippen LogP contribution in [0, 0.1) is 0 Å². The normalized spacial score (nSPS) is 11.8. The number of hydrogen-bond donors (Lipinski definition) is 2. The monoisotopic (exact) mass is 269 g/mol. The van der Waals surface area contributed by atoms with Crippen molar-refractivity contribution in [2.75, 3.05) is 0 Å². The smallest absolute Gasteiger partial charge is 0.112 e. The van der Waals surface area contributed by atoms with E-state index in [1.807, 2.05) is 0 Å². The summed E-state index contributed by atoms with van der Waals surface area (Å²) in [6, 6.07) is 5.06. The second-order valence-corrected chi connectivity index (χ2v) is 4.20. The highest BCUT2D eigenvalue weighted by Gasteiger charge is 2.09. The maximum absolute atomic E-state index is 9.01. The zero-order valence-electron chi connectivity index (χ0n) is 8.69. The molecule has 0 saturated carbocycles. The Hall–Kier alpha value is -1.52. The van der Waals surface area contributed by atoms with Gasteiger partial charge in [-0.1, -0.05) is 34.4 Å². The molecule has 0 aliphatic carbocycles. The Morgan fingerprint density at radius 1 is 1.35 bits per heavy atom. The Balaban J connectivity index is 2.27. The van der Waals surface area contributed by atoms with Crippen molar-refractivity contribution in [3.8, 4) is 0 Å². The number of oxime groups is 1. The lowest BCUT2D eigenvalue weighted by atomic mass is 10.1. The van der Waals surface area contributed by atoms with Crippen molar-refractivity contribution in [3.63, 3.8) is 0 Å². The van der Waals surface area contributed by atoms with Crippen LogP contribution in [0.25, 0.3) is 0 Å². The standard InChI is InChI=1S/C11H9Cl2N3O/c12-8-2-1-7(5-9(8)13)10(16-17)6-11-14-3-4-15-11/h1-5,17H,6H2,(H,14,15). The van der Waals surface area contributed by atoms with Crippen LogP contribution in [0.2, 0.25) is 10.0 Å². The minimum absolute atomic E-state index is 0.390. The van der Waals surface area contributed by atoms with Crippen LogP contribution in [-0.2, 0) is 6.42 Å². The molecule has 2 aromatic rings. The number of halogens is 2. The lowest BCUT2D eigenvalue weighted by molar-refractivity contribution is 0.318. The van der Waals surface area contributed by atoms with Gasteiger partial charge >= 0.3 is 0 Å². The summed E-state index contributed by atoms with van der Waals surface area (Å²) in [6.07, 6.45) is 3.74. The van der Waals surface area contributed by atoms with Crippen molar-refractivity contribution in [1.29, 1.82) is 0 Å². The Morgan fingerprint density at radius 3 is 2.76 bits per heavy atom. The predicted molar refractivity (Wildman–Crippen MR) is 67.1 cm³/mol. The summed E-state index contributed by atoms with van der Waals surface area (Å²) in [6.45, 7) is 0. The first-order valence-corrected chi connectivity index (χ1v) is 5.61. The predicted octanol–water partition coefficient (Wildman–Crippen LogP) is 3.14. The molecule has 0 saturated heterocycles. The zero-order valence-corrected chi connectivity index (χ0v) is 10.2. The molecule has 0 aliphatic rings. The zero-order chi connectivity index (χ0) is 12.3. The van der Waals surface area contributed by atoms with E-state index in [1.165, 1.54) is 0 Å². The van der Waals surface area contributed by atoms with E-state index in [1.54, 1.807) is 30.6 Å². The molecule has 88 valence electrons. The van der Waals surface area contributed by atoms with Crippen LogP contribution in [0.5, 0.6) is 0 Å². The molecular formula is C11H9Cl2N3O. The van der Waals surface area contributed by atoms with Crippen LogP contribution in [-0.4, -0.2) is 20.9 Å². The fraction of sp³-hybridized carbons (Fsp3) is 0.0909. The average molecular weight is 270 g/mol. The van der Waals surface area contributed by atoms with E-state index in [0.29, 0.717) is 33.6 Å². The SMILES string of the molecule is ON=C(Cc1ncc[nH]1)c1ccc(Cl)c(Cl)c1. The van der Waals surface area contributed by atoms with Gasteiger partial charge < -0.3 is 10.2 Å². The van der Waals surface area contributed by atoms with Gasteiger partial charge in [-0.05, 0) is 12.1 Å². The molecule has 0 spiro atoms. The molecular weight excluding hydrogens is 261 g/mol. The molecule has 0 bridgehead atoms. The van der Waals surface area contributed by atoms with Crippen molar-refractivity contribution in [1.82, 2.24) is 9.97 Å². The van der Waals surface area contributed by atoms with Crippen LogP contribution >= 0.6 is 23.2 Å². The second kappa shape index (κ2) is 5.21. The highest BCUT2D eigenvalue weighted by molar-refractivity contribution is 6.42. The fourth-order valence-corrected chi connectivity index (χ4v) is 1.72. The molecule has 4 nitrogen and oxygen atoms in total. The van der Waals surface area contributed by atoms with Crippen LogP contribution < -0.4 is 0 Å². The van der Waals surface area contributed by atoms with E-state index >= 15 is 0 Å². The number of nitrogens with zero attached hydrogens (tertiary/aromatic N) is 2. The summed E-state index contributed by atoms with van der Waals surface area (Å²) in [7, 11) is 0. The van der Waals surface area contributed by atoms with Gasteiger partial charge in [-0.15, -0.1) is 0 Å². The van der Waals surface area contributed by atoms with Gasteiger partial charge in [0.2, 0.25) is 0 Å². The maximum atomic E-state index is 9.01. The lowest BCUT2D eigenvalue weighted by Crippen LogP contribution is -2.06. The third-order valence-corrected chi connectivity index (χ3v) is 3.00. The van der Waals surface area contributed by atoms with Crippen LogP contribution in [0.3, 0.4) is 0 Å². The third-order valence-electron chi connectivity index (χ3n) is 2.26. The fourth-order valence-electron chi connectivity index (χ4n) is 1.42. The van der Waals surface area contributed by atoms with Gasteiger partial charge in [0, 0.05) is 18.0 Å². The minimum atomic E-state index is 0.390. The summed E-state index contributed by atoms with van der Waals surface area (Å²) in [5, 5.41) is 13.2. The van der Waals surface area contributed by atoms with Crippen molar-refractivity contribution < 1.29 is 5.21 Å². The molecule has 1 aromatic heterocycles. The summed E-state index contributed by atoms with van der Waals surface area (Å²) in [5.41, 5.74) is 1.18. The lowest BCUT2D eigenvalue weighted by Gasteiger charge is -2.04. The van der Waals surface area contributed by atoms with E-state index < -0.39 is 0 Å². The molecule has 0 amide bonds. The Morgan fingerprint density at radius 2 is 2.18 bits per heavy atom. The van der Waals surface area contributed by atoms with Gasteiger partial charge in [0.05, 0.1) is 22.2 Å². The van der Waals surface area contributed by atoms with Crippen molar-refractivity contribution in [2.24, 2.45) is 5.16 Å². The minimum Gasteiger partial charge on any atom is -0.411 e. The van der Waals surface area contributed by atoms with Crippen LogP contribution in [0.15, 0.2) is 35.7 Å². The molecule has 0 aliphatic heterocycles.